The lowest BCUT2D eigenvalue weighted by atomic mass is 10.1. The average Bonchev–Trinajstić information content (AvgIpc) is 2.54. The van der Waals surface area contributed by atoms with E-state index in [-0.39, 0.29) is 18.8 Å². The Morgan fingerprint density at radius 2 is 1.88 bits per heavy atom. The van der Waals surface area contributed by atoms with Crippen LogP contribution in [0.3, 0.4) is 0 Å². The Kier molecular flexibility index (Phi) is 4.42. The van der Waals surface area contributed by atoms with E-state index in [1.807, 2.05) is 19.1 Å². The minimum atomic E-state index is -0.488. The fourth-order valence-corrected chi connectivity index (χ4v) is 2.43. The van der Waals surface area contributed by atoms with Gasteiger partial charge in [-0.2, -0.15) is 0 Å². The first kappa shape index (κ1) is 15.9. The smallest absolute Gasteiger partial charge is 0.336 e. The van der Waals surface area contributed by atoms with Crippen molar-refractivity contribution in [2.75, 3.05) is 0 Å². The van der Waals surface area contributed by atoms with Crippen molar-refractivity contribution >= 4 is 16.9 Å². The molecule has 0 atom stereocenters. The second-order valence-corrected chi connectivity index (χ2v) is 5.55. The van der Waals surface area contributed by atoms with Crippen molar-refractivity contribution in [2.45, 2.75) is 20.0 Å². The van der Waals surface area contributed by atoms with Gasteiger partial charge in [-0.05, 0) is 36.2 Å². The Labute approximate surface area is 137 Å². The van der Waals surface area contributed by atoms with E-state index in [9.17, 15) is 14.0 Å². The summed E-state index contributed by atoms with van der Waals surface area (Å²) < 4.78 is 23.3. The van der Waals surface area contributed by atoms with Crippen molar-refractivity contribution in [2.24, 2.45) is 0 Å². The monoisotopic (exact) mass is 326 g/mol. The molecule has 0 saturated carbocycles. The number of carbonyl (C=O) groups excluding carboxylic acids is 1. The highest BCUT2D eigenvalue weighted by molar-refractivity contribution is 5.81. The predicted molar refractivity (Wildman–Crippen MR) is 87.1 cm³/mol. The molecular formula is C19H15FO4. The first-order valence-electron chi connectivity index (χ1n) is 7.45. The molecule has 3 rings (SSSR count). The van der Waals surface area contributed by atoms with E-state index in [1.54, 1.807) is 6.07 Å². The third-order valence-corrected chi connectivity index (χ3v) is 3.64. The van der Waals surface area contributed by atoms with E-state index in [2.05, 4.69) is 0 Å². The quantitative estimate of drug-likeness (QED) is 0.544. The molecule has 0 unspecified atom stereocenters. The molecule has 1 aromatic heterocycles. The summed E-state index contributed by atoms with van der Waals surface area (Å²) in [5, 5.41) is 0.731. The Morgan fingerprint density at radius 1 is 1.12 bits per heavy atom. The van der Waals surface area contributed by atoms with Gasteiger partial charge in [0.2, 0.25) is 0 Å². The molecule has 2 aromatic carbocycles. The molecule has 0 N–H and O–H groups in total. The molecule has 1 heterocycles. The summed E-state index contributed by atoms with van der Waals surface area (Å²) in [5.74, 6) is -0.806. The van der Waals surface area contributed by atoms with Crippen molar-refractivity contribution in [3.63, 3.8) is 0 Å². The number of halogens is 1. The largest absolute Gasteiger partial charge is 0.461 e. The van der Waals surface area contributed by atoms with Gasteiger partial charge in [0.05, 0.1) is 6.42 Å². The highest BCUT2D eigenvalue weighted by Gasteiger charge is 2.10. The summed E-state index contributed by atoms with van der Waals surface area (Å²) in [6.45, 7) is 1.88. The number of esters is 1. The Balaban J connectivity index is 1.74. The first-order valence-corrected chi connectivity index (χ1v) is 7.45. The molecule has 5 heteroatoms. The summed E-state index contributed by atoms with van der Waals surface area (Å²) in [7, 11) is 0. The van der Waals surface area contributed by atoms with E-state index in [0.717, 1.165) is 10.9 Å². The number of fused-ring (bicyclic) bond motifs is 1. The van der Waals surface area contributed by atoms with E-state index in [0.29, 0.717) is 16.7 Å². The topological polar surface area (TPSA) is 56.5 Å². The molecule has 0 aliphatic rings. The van der Waals surface area contributed by atoms with Crippen LogP contribution in [0.25, 0.3) is 11.0 Å². The SMILES string of the molecule is Cc1ccc2c(COC(=O)Cc3ccc(F)cc3)cc(=O)oc2c1. The van der Waals surface area contributed by atoms with Gasteiger partial charge >= 0.3 is 11.6 Å². The summed E-state index contributed by atoms with van der Waals surface area (Å²) in [5.41, 5.74) is 2.20. The van der Waals surface area contributed by atoms with Crippen LogP contribution in [0.1, 0.15) is 16.7 Å². The number of rotatable bonds is 4. The van der Waals surface area contributed by atoms with Crippen molar-refractivity contribution in [1.82, 2.24) is 0 Å². The molecule has 0 fully saturated rings. The summed E-state index contributed by atoms with van der Waals surface area (Å²) >= 11 is 0. The highest BCUT2D eigenvalue weighted by Crippen LogP contribution is 2.19. The number of ether oxygens (including phenoxy) is 1. The molecule has 4 nitrogen and oxygen atoms in total. The number of aryl methyl sites for hydroxylation is 1. The van der Waals surface area contributed by atoms with Crippen LogP contribution in [-0.4, -0.2) is 5.97 Å². The molecule has 0 bridgehead atoms. The van der Waals surface area contributed by atoms with Gasteiger partial charge in [-0.15, -0.1) is 0 Å². The van der Waals surface area contributed by atoms with Gasteiger partial charge in [0, 0.05) is 17.0 Å². The molecule has 3 aromatic rings. The molecule has 122 valence electrons. The normalized spacial score (nSPS) is 10.8. The lowest BCUT2D eigenvalue weighted by molar-refractivity contribution is -0.144. The number of hydrogen-bond donors (Lipinski definition) is 0. The zero-order valence-corrected chi connectivity index (χ0v) is 13.0. The first-order chi connectivity index (χ1) is 11.5. The minimum Gasteiger partial charge on any atom is -0.461 e. The zero-order valence-electron chi connectivity index (χ0n) is 13.0. The number of benzene rings is 2. The zero-order chi connectivity index (χ0) is 17.1. The van der Waals surface area contributed by atoms with Crippen LogP contribution in [0.5, 0.6) is 0 Å². The second kappa shape index (κ2) is 6.66. The molecular weight excluding hydrogens is 311 g/mol. The Morgan fingerprint density at radius 3 is 2.62 bits per heavy atom. The van der Waals surface area contributed by atoms with Gasteiger partial charge in [0.25, 0.3) is 0 Å². The van der Waals surface area contributed by atoms with Crippen LogP contribution >= 0.6 is 0 Å². The minimum absolute atomic E-state index is 0.0226. The fourth-order valence-electron chi connectivity index (χ4n) is 2.43. The summed E-state index contributed by atoms with van der Waals surface area (Å²) in [6, 6.07) is 12.5. The van der Waals surface area contributed by atoms with Crippen molar-refractivity contribution < 1.29 is 18.3 Å². The lowest BCUT2D eigenvalue weighted by Gasteiger charge is -2.08. The van der Waals surface area contributed by atoms with Gasteiger partial charge in [-0.1, -0.05) is 24.3 Å². The summed E-state index contributed by atoms with van der Waals surface area (Å²) in [6.07, 6.45) is 0.0404. The van der Waals surface area contributed by atoms with Crippen LogP contribution in [0, 0.1) is 12.7 Å². The maximum atomic E-state index is 12.9. The third kappa shape index (κ3) is 3.68. The van der Waals surface area contributed by atoms with Gasteiger partial charge in [0.1, 0.15) is 18.0 Å². The number of carbonyl (C=O) groups is 1. The molecule has 0 saturated heterocycles. The van der Waals surface area contributed by atoms with E-state index in [4.69, 9.17) is 9.15 Å². The van der Waals surface area contributed by atoms with Crippen LogP contribution in [0.2, 0.25) is 0 Å². The lowest BCUT2D eigenvalue weighted by Crippen LogP contribution is -2.10. The maximum absolute atomic E-state index is 12.9. The maximum Gasteiger partial charge on any atom is 0.336 e. The van der Waals surface area contributed by atoms with Crippen molar-refractivity contribution in [3.8, 4) is 0 Å². The average molecular weight is 326 g/mol. The molecule has 24 heavy (non-hydrogen) atoms. The van der Waals surface area contributed by atoms with Gasteiger partial charge in [-0.3, -0.25) is 4.79 Å². The van der Waals surface area contributed by atoms with E-state index in [1.165, 1.54) is 30.3 Å². The Hall–Kier alpha value is -2.95. The number of hydrogen-bond acceptors (Lipinski definition) is 4. The molecule has 0 spiro atoms. The van der Waals surface area contributed by atoms with Crippen LogP contribution < -0.4 is 5.63 Å². The van der Waals surface area contributed by atoms with Crippen LogP contribution in [-0.2, 0) is 22.6 Å². The van der Waals surface area contributed by atoms with Crippen molar-refractivity contribution in [3.05, 3.63) is 81.5 Å². The molecule has 0 radical (unpaired) electrons. The fraction of sp³-hybridized carbons (Fsp3) is 0.158. The summed E-state index contributed by atoms with van der Waals surface area (Å²) in [4.78, 5) is 23.6. The molecule has 0 aliphatic carbocycles. The third-order valence-electron chi connectivity index (χ3n) is 3.64. The standard InChI is InChI=1S/C19H15FO4/c1-12-2-7-16-14(10-19(22)24-17(16)8-12)11-23-18(21)9-13-3-5-15(20)6-4-13/h2-8,10H,9,11H2,1H3. The van der Waals surface area contributed by atoms with Gasteiger partial charge < -0.3 is 9.15 Å². The highest BCUT2D eigenvalue weighted by atomic mass is 19.1. The van der Waals surface area contributed by atoms with Crippen LogP contribution in [0.15, 0.2) is 57.7 Å². The Bertz CT molecular complexity index is 942. The molecule has 0 aliphatic heterocycles. The van der Waals surface area contributed by atoms with E-state index >= 15 is 0 Å². The van der Waals surface area contributed by atoms with Gasteiger partial charge in [0.15, 0.2) is 0 Å². The molecule has 0 amide bonds. The van der Waals surface area contributed by atoms with E-state index < -0.39 is 11.6 Å². The van der Waals surface area contributed by atoms with Crippen molar-refractivity contribution in [1.29, 1.82) is 0 Å². The van der Waals surface area contributed by atoms with Gasteiger partial charge in [-0.25, -0.2) is 9.18 Å². The predicted octanol–water partition coefficient (Wildman–Crippen LogP) is 3.53. The second-order valence-electron chi connectivity index (χ2n) is 5.55. The van der Waals surface area contributed by atoms with Crippen LogP contribution in [0.4, 0.5) is 4.39 Å².